The normalized spacial score (nSPS) is 15.7. The van der Waals surface area contributed by atoms with Crippen molar-refractivity contribution in [3.05, 3.63) is 48.5 Å². The van der Waals surface area contributed by atoms with E-state index in [-0.39, 0.29) is 17.3 Å². The van der Waals surface area contributed by atoms with Crippen LogP contribution < -0.4 is 19.7 Å². The lowest BCUT2D eigenvalue weighted by Crippen LogP contribution is -3.15. The smallest absolute Gasteiger partial charge is 0.279 e. The second-order valence-corrected chi connectivity index (χ2v) is 8.69. The number of amides is 1. The molecule has 0 aromatic heterocycles. The van der Waals surface area contributed by atoms with Crippen LogP contribution in [-0.4, -0.2) is 65.6 Å². The zero-order valence-corrected chi connectivity index (χ0v) is 17.4. The van der Waals surface area contributed by atoms with Crippen LogP contribution >= 0.6 is 0 Å². The fourth-order valence-corrected chi connectivity index (χ4v) is 4.73. The summed E-state index contributed by atoms with van der Waals surface area (Å²) in [5.41, 5.74) is 0.625. The molecule has 1 aliphatic heterocycles. The number of rotatable bonds is 7. The number of anilines is 1. The SMILES string of the molecule is COc1ccc(S(=O)(=O)N2CC[NH+](CC(=O)Nc3ccccc3OC)CC2)cc1. The van der Waals surface area contributed by atoms with E-state index in [2.05, 4.69) is 5.32 Å². The van der Waals surface area contributed by atoms with E-state index in [1.807, 2.05) is 12.1 Å². The molecule has 156 valence electrons. The summed E-state index contributed by atoms with van der Waals surface area (Å²) in [7, 11) is -0.458. The van der Waals surface area contributed by atoms with Crippen molar-refractivity contribution in [2.45, 2.75) is 4.90 Å². The topological polar surface area (TPSA) is 89.4 Å². The number of carbonyl (C=O) groups is 1. The van der Waals surface area contributed by atoms with E-state index in [4.69, 9.17) is 9.47 Å². The van der Waals surface area contributed by atoms with Gasteiger partial charge in [-0.3, -0.25) is 4.79 Å². The fourth-order valence-electron chi connectivity index (χ4n) is 3.29. The summed E-state index contributed by atoms with van der Waals surface area (Å²) in [5, 5.41) is 2.86. The van der Waals surface area contributed by atoms with Gasteiger partial charge < -0.3 is 19.7 Å². The standard InChI is InChI=1S/C20H25N3O5S/c1-27-16-7-9-17(10-8-16)29(25,26)23-13-11-22(12-14-23)15-20(24)21-18-5-3-4-6-19(18)28-2/h3-10H,11-15H2,1-2H3,(H,21,24)/p+1. The van der Waals surface area contributed by atoms with Gasteiger partial charge in [-0.2, -0.15) is 4.31 Å². The molecule has 0 bridgehead atoms. The van der Waals surface area contributed by atoms with Gasteiger partial charge in [0.15, 0.2) is 6.54 Å². The number of methoxy groups -OCH3 is 2. The van der Waals surface area contributed by atoms with Gasteiger partial charge in [0.2, 0.25) is 10.0 Å². The summed E-state index contributed by atoms with van der Waals surface area (Å²) in [6.07, 6.45) is 0. The molecule has 3 rings (SSSR count). The van der Waals surface area contributed by atoms with Gasteiger partial charge in [-0.05, 0) is 36.4 Å². The highest BCUT2D eigenvalue weighted by atomic mass is 32.2. The van der Waals surface area contributed by atoms with Crippen LogP contribution in [0.15, 0.2) is 53.4 Å². The number of para-hydroxylation sites is 2. The Balaban J connectivity index is 1.55. The molecule has 1 aliphatic rings. The van der Waals surface area contributed by atoms with Gasteiger partial charge in [-0.25, -0.2) is 8.42 Å². The highest BCUT2D eigenvalue weighted by Gasteiger charge is 2.31. The second-order valence-electron chi connectivity index (χ2n) is 6.75. The highest BCUT2D eigenvalue weighted by Crippen LogP contribution is 2.22. The van der Waals surface area contributed by atoms with E-state index in [1.54, 1.807) is 43.5 Å². The number of sulfonamides is 1. The predicted octanol–water partition coefficient (Wildman–Crippen LogP) is 0.232. The van der Waals surface area contributed by atoms with Gasteiger partial charge in [-0.15, -0.1) is 0 Å². The van der Waals surface area contributed by atoms with Crippen molar-refractivity contribution in [3.63, 3.8) is 0 Å². The molecule has 2 N–H and O–H groups in total. The Bertz CT molecular complexity index is 939. The van der Waals surface area contributed by atoms with E-state index < -0.39 is 10.0 Å². The summed E-state index contributed by atoms with van der Waals surface area (Å²) >= 11 is 0. The zero-order valence-electron chi connectivity index (χ0n) is 16.6. The van der Waals surface area contributed by atoms with Crippen molar-refractivity contribution in [1.29, 1.82) is 0 Å². The minimum atomic E-state index is -3.55. The first kappa shape index (κ1) is 21.1. The monoisotopic (exact) mass is 420 g/mol. The summed E-state index contributed by atoms with van der Waals surface area (Å²) in [4.78, 5) is 13.7. The number of piperazine rings is 1. The molecule has 1 fully saturated rings. The van der Waals surface area contributed by atoms with Crippen LogP contribution in [0.2, 0.25) is 0 Å². The average Bonchev–Trinajstić information content (AvgIpc) is 2.74. The van der Waals surface area contributed by atoms with Crippen LogP contribution in [0.3, 0.4) is 0 Å². The molecular weight excluding hydrogens is 394 g/mol. The largest absolute Gasteiger partial charge is 0.497 e. The maximum absolute atomic E-state index is 12.8. The number of quaternary nitrogens is 1. The number of hydrogen-bond donors (Lipinski definition) is 2. The van der Waals surface area contributed by atoms with Crippen LogP contribution in [-0.2, 0) is 14.8 Å². The lowest BCUT2D eigenvalue weighted by molar-refractivity contribution is -0.895. The second kappa shape index (κ2) is 9.25. The first-order chi connectivity index (χ1) is 13.9. The maximum Gasteiger partial charge on any atom is 0.279 e. The van der Waals surface area contributed by atoms with Gasteiger partial charge in [-0.1, -0.05) is 12.1 Å². The van der Waals surface area contributed by atoms with E-state index >= 15 is 0 Å². The molecule has 1 heterocycles. The van der Waals surface area contributed by atoms with Crippen LogP contribution in [0.1, 0.15) is 0 Å². The van der Waals surface area contributed by atoms with E-state index in [9.17, 15) is 13.2 Å². The number of nitrogens with one attached hydrogen (secondary N) is 2. The Hall–Kier alpha value is -2.62. The minimum absolute atomic E-state index is 0.129. The maximum atomic E-state index is 12.8. The van der Waals surface area contributed by atoms with Gasteiger partial charge in [0.25, 0.3) is 5.91 Å². The molecule has 0 aliphatic carbocycles. The van der Waals surface area contributed by atoms with E-state index in [1.165, 1.54) is 11.4 Å². The molecule has 2 aromatic rings. The molecule has 0 spiro atoms. The van der Waals surface area contributed by atoms with Gasteiger partial charge >= 0.3 is 0 Å². The van der Waals surface area contributed by atoms with Crippen LogP contribution in [0.4, 0.5) is 5.69 Å². The Labute approximate surface area is 171 Å². The van der Waals surface area contributed by atoms with Crippen molar-refractivity contribution < 1.29 is 27.6 Å². The Kier molecular flexibility index (Phi) is 6.73. The molecule has 8 nitrogen and oxygen atoms in total. The molecule has 2 aromatic carbocycles. The molecule has 0 radical (unpaired) electrons. The van der Waals surface area contributed by atoms with Crippen molar-refractivity contribution in [2.75, 3.05) is 52.3 Å². The molecular formula is C20H26N3O5S+. The number of ether oxygens (including phenoxy) is 2. The van der Waals surface area contributed by atoms with Crippen molar-refractivity contribution in [1.82, 2.24) is 4.31 Å². The van der Waals surface area contributed by atoms with Crippen LogP contribution in [0.25, 0.3) is 0 Å². The van der Waals surface area contributed by atoms with Crippen LogP contribution in [0.5, 0.6) is 11.5 Å². The Morgan fingerprint density at radius 1 is 1.03 bits per heavy atom. The third-order valence-corrected chi connectivity index (χ3v) is 6.83. The van der Waals surface area contributed by atoms with Gasteiger partial charge in [0.1, 0.15) is 11.5 Å². The number of benzene rings is 2. The Morgan fingerprint density at radius 3 is 2.31 bits per heavy atom. The first-order valence-corrected chi connectivity index (χ1v) is 10.8. The van der Waals surface area contributed by atoms with Crippen molar-refractivity contribution >= 4 is 21.6 Å². The van der Waals surface area contributed by atoms with Gasteiger partial charge in [0.05, 0.1) is 51.0 Å². The molecule has 0 atom stereocenters. The number of carbonyl (C=O) groups excluding carboxylic acids is 1. The highest BCUT2D eigenvalue weighted by molar-refractivity contribution is 7.89. The number of hydrogen-bond acceptors (Lipinski definition) is 5. The molecule has 0 saturated carbocycles. The summed E-state index contributed by atoms with van der Waals surface area (Å²) < 4.78 is 37.4. The lowest BCUT2D eigenvalue weighted by Gasteiger charge is -2.31. The number of nitrogens with zero attached hydrogens (tertiary/aromatic N) is 1. The van der Waals surface area contributed by atoms with Gasteiger partial charge in [0, 0.05) is 0 Å². The van der Waals surface area contributed by atoms with Crippen LogP contribution in [0, 0.1) is 0 Å². The molecule has 29 heavy (non-hydrogen) atoms. The van der Waals surface area contributed by atoms with Crippen molar-refractivity contribution in [2.24, 2.45) is 0 Å². The predicted molar refractivity (Wildman–Crippen MR) is 109 cm³/mol. The van der Waals surface area contributed by atoms with Crippen molar-refractivity contribution in [3.8, 4) is 11.5 Å². The molecule has 9 heteroatoms. The molecule has 1 saturated heterocycles. The summed E-state index contributed by atoms with van der Waals surface area (Å²) in [6.45, 7) is 2.13. The minimum Gasteiger partial charge on any atom is -0.497 e. The Morgan fingerprint density at radius 2 is 1.69 bits per heavy atom. The third kappa shape index (κ3) is 5.06. The average molecular weight is 421 g/mol. The van der Waals surface area contributed by atoms with E-state index in [0.29, 0.717) is 43.4 Å². The summed E-state index contributed by atoms with van der Waals surface area (Å²) in [6, 6.07) is 13.6. The summed E-state index contributed by atoms with van der Waals surface area (Å²) in [5.74, 6) is 1.08. The quantitative estimate of drug-likeness (QED) is 0.670. The third-order valence-electron chi connectivity index (χ3n) is 4.92. The zero-order chi connectivity index (χ0) is 20.9. The molecule has 1 amide bonds. The lowest BCUT2D eigenvalue weighted by atomic mass is 10.3. The first-order valence-electron chi connectivity index (χ1n) is 9.34. The fraction of sp³-hybridized carbons (Fsp3) is 0.350. The molecule has 0 unspecified atom stereocenters. The van der Waals surface area contributed by atoms with E-state index in [0.717, 1.165) is 4.90 Å².